The van der Waals surface area contributed by atoms with E-state index in [2.05, 4.69) is 18.8 Å². The quantitative estimate of drug-likeness (QED) is 0.628. The second kappa shape index (κ2) is 8.39. The van der Waals surface area contributed by atoms with Crippen molar-refractivity contribution < 1.29 is 27.5 Å². The van der Waals surface area contributed by atoms with Gasteiger partial charge in [0.1, 0.15) is 11.9 Å². The Labute approximate surface area is 207 Å². The zero-order chi connectivity index (χ0) is 25.9. The van der Waals surface area contributed by atoms with Crippen LogP contribution in [0.15, 0.2) is 41.4 Å². The normalized spacial score (nSPS) is 27.2. The third kappa shape index (κ3) is 4.38. The summed E-state index contributed by atoms with van der Waals surface area (Å²) >= 11 is 0. The highest BCUT2D eigenvalue weighted by atomic mass is 19.4. The summed E-state index contributed by atoms with van der Waals surface area (Å²) in [6, 6.07) is 10.2. The number of nitrogens with zero attached hydrogens (tertiary/aromatic N) is 3. The van der Waals surface area contributed by atoms with E-state index in [1.165, 1.54) is 11.1 Å². The van der Waals surface area contributed by atoms with E-state index >= 15 is 0 Å². The Balaban J connectivity index is 1.58. The molecule has 3 heterocycles. The lowest BCUT2D eigenvalue weighted by atomic mass is 9.79. The molecule has 0 aromatic heterocycles. The van der Waals surface area contributed by atoms with Crippen molar-refractivity contribution in [2.45, 2.75) is 56.7 Å². The summed E-state index contributed by atoms with van der Waals surface area (Å²) in [6.07, 6.45) is -2.78. The van der Waals surface area contributed by atoms with Gasteiger partial charge in [-0.1, -0.05) is 6.07 Å². The molecule has 3 aliphatic heterocycles. The molecule has 2 aromatic carbocycles. The zero-order valence-corrected chi connectivity index (χ0v) is 20.2. The number of nitrogens with two attached hydrogens (primary N) is 1. The van der Waals surface area contributed by atoms with Crippen molar-refractivity contribution in [3.05, 3.63) is 53.1 Å². The minimum atomic E-state index is -4.58. The summed E-state index contributed by atoms with van der Waals surface area (Å²) in [5, 5.41) is 10.7. The zero-order valence-electron chi connectivity index (χ0n) is 20.2. The number of alkyl halides is 3. The molecule has 0 amide bonds. The van der Waals surface area contributed by atoms with E-state index in [9.17, 15) is 18.4 Å². The van der Waals surface area contributed by atoms with Gasteiger partial charge in [0.05, 0.1) is 28.4 Å². The highest BCUT2D eigenvalue weighted by Gasteiger charge is 2.51. The van der Waals surface area contributed by atoms with E-state index < -0.39 is 17.5 Å². The Morgan fingerprint density at radius 2 is 1.92 bits per heavy atom. The standard InChI is InChI=1S/C26H27F3N4O3/c1-24(2)12-17(6-7-34-24)22-13-25(32-23(31)33(3)36-25)20-11-16(4-5-21(20)35-22)18-8-15(14-30)9-19(10-18)26(27,28)29/h4-5,8-11,17,22H,6-7,12-13H2,1-3H3,(H2,31,32). The summed E-state index contributed by atoms with van der Waals surface area (Å²) in [5.74, 6) is 0.940. The van der Waals surface area contributed by atoms with E-state index in [0.717, 1.165) is 25.0 Å². The number of hydrogen-bond acceptors (Lipinski definition) is 7. The summed E-state index contributed by atoms with van der Waals surface area (Å²) in [5.41, 5.74) is 5.00. The van der Waals surface area contributed by atoms with Gasteiger partial charge in [0, 0.05) is 26.0 Å². The highest BCUT2D eigenvalue weighted by Crippen LogP contribution is 2.50. The molecule has 0 bridgehead atoms. The number of hydrogen-bond donors (Lipinski definition) is 1. The van der Waals surface area contributed by atoms with Crippen LogP contribution in [-0.2, 0) is 21.5 Å². The molecular formula is C26H27F3N4O3. The number of guanidine groups is 1. The van der Waals surface area contributed by atoms with Crippen LogP contribution in [0.25, 0.3) is 11.1 Å². The SMILES string of the molecule is CN1OC2(CC(C3CCOC(C)(C)C3)Oc3ccc(-c4cc(C#N)cc(C(F)(F)F)c4)cc32)N=C1N. The first-order valence-corrected chi connectivity index (χ1v) is 11.8. The number of ether oxygens (including phenoxy) is 2. The molecule has 36 heavy (non-hydrogen) atoms. The fourth-order valence-electron chi connectivity index (χ4n) is 5.33. The Hall–Kier alpha value is -3.29. The van der Waals surface area contributed by atoms with Crippen molar-refractivity contribution in [2.24, 2.45) is 16.6 Å². The molecule has 1 saturated heterocycles. The molecule has 0 radical (unpaired) electrons. The van der Waals surface area contributed by atoms with Crippen molar-refractivity contribution in [2.75, 3.05) is 13.7 Å². The Morgan fingerprint density at radius 3 is 2.56 bits per heavy atom. The minimum Gasteiger partial charge on any atom is -0.489 e. The van der Waals surface area contributed by atoms with Gasteiger partial charge in [-0.25, -0.2) is 14.9 Å². The van der Waals surface area contributed by atoms with Crippen LogP contribution in [-0.4, -0.2) is 36.4 Å². The van der Waals surface area contributed by atoms with Gasteiger partial charge in [-0.15, -0.1) is 0 Å². The Kier molecular flexibility index (Phi) is 5.69. The fourth-order valence-corrected chi connectivity index (χ4v) is 5.33. The van der Waals surface area contributed by atoms with Crippen LogP contribution in [0.3, 0.4) is 0 Å². The van der Waals surface area contributed by atoms with Gasteiger partial charge in [0.15, 0.2) is 0 Å². The van der Waals surface area contributed by atoms with Crippen molar-refractivity contribution in [1.29, 1.82) is 5.26 Å². The molecule has 7 nitrogen and oxygen atoms in total. The smallest absolute Gasteiger partial charge is 0.416 e. The molecule has 2 aromatic rings. The number of fused-ring (bicyclic) bond motifs is 2. The Morgan fingerprint density at radius 1 is 1.14 bits per heavy atom. The molecule has 1 fully saturated rings. The number of hydroxylamine groups is 2. The molecule has 2 N–H and O–H groups in total. The van der Waals surface area contributed by atoms with Crippen molar-refractivity contribution in [3.8, 4) is 22.9 Å². The van der Waals surface area contributed by atoms with E-state index in [1.54, 1.807) is 25.2 Å². The average molecular weight is 501 g/mol. The van der Waals surface area contributed by atoms with Gasteiger partial charge in [-0.05, 0) is 68.1 Å². The lowest BCUT2D eigenvalue weighted by molar-refractivity contribution is -0.198. The van der Waals surface area contributed by atoms with Crippen LogP contribution in [0.5, 0.6) is 5.75 Å². The van der Waals surface area contributed by atoms with Crippen LogP contribution >= 0.6 is 0 Å². The van der Waals surface area contributed by atoms with Gasteiger partial charge < -0.3 is 15.2 Å². The van der Waals surface area contributed by atoms with Crippen molar-refractivity contribution in [3.63, 3.8) is 0 Å². The topological polar surface area (TPSA) is 93.1 Å². The number of rotatable bonds is 2. The molecular weight excluding hydrogens is 473 g/mol. The molecule has 3 atom stereocenters. The average Bonchev–Trinajstić information content (AvgIpc) is 3.10. The summed E-state index contributed by atoms with van der Waals surface area (Å²) < 4.78 is 52.8. The predicted octanol–water partition coefficient (Wildman–Crippen LogP) is 4.94. The maximum Gasteiger partial charge on any atom is 0.416 e. The van der Waals surface area contributed by atoms with E-state index in [4.69, 9.17) is 20.0 Å². The maximum atomic E-state index is 13.5. The fraction of sp³-hybridized carbons (Fsp3) is 0.462. The predicted molar refractivity (Wildman–Crippen MR) is 126 cm³/mol. The molecule has 0 saturated carbocycles. The molecule has 190 valence electrons. The van der Waals surface area contributed by atoms with E-state index in [1.807, 2.05) is 6.07 Å². The summed E-state index contributed by atoms with van der Waals surface area (Å²) in [6.45, 7) is 4.73. The van der Waals surface area contributed by atoms with E-state index in [-0.39, 0.29) is 34.7 Å². The van der Waals surface area contributed by atoms with Gasteiger partial charge in [0.25, 0.3) is 0 Å². The minimum absolute atomic E-state index is 0.0789. The second-order valence-corrected chi connectivity index (χ2v) is 10.2. The second-order valence-electron chi connectivity index (χ2n) is 10.2. The third-order valence-corrected chi connectivity index (χ3v) is 7.05. The monoisotopic (exact) mass is 500 g/mol. The largest absolute Gasteiger partial charge is 0.489 e. The molecule has 0 aliphatic carbocycles. The highest BCUT2D eigenvalue weighted by molar-refractivity contribution is 5.79. The lowest BCUT2D eigenvalue weighted by Crippen LogP contribution is -2.46. The maximum absolute atomic E-state index is 13.5. The van der Waals surface area contributed by atoms with Crippen molar-refractivity contribution in [1.82, 2.24) is 5.06 Å². The summed E-state index contributed by atoms with van der Waals surface area (Å²) in [7, 11) is 1.66. The van der Waals surface area contributed by atoms with Crippen LogP contribution in [0.4, 0.5) is 13.2 Å². The third-order valence-electron chi connectivity index (χ3n) is 7.05. The first-order valence-electron chi connectivity index (χ1n) is 11.8. The summed E-state index contributed by atoms with van der Waals surface area (Å²) in [4.78, 5) is 10.8. The molecule has 3 unspecified atom stereocenters. The van der Waals surface area contributed by atoms with Gasteiger partial charge >= 0.3 is 6.18 Å². The van der Waals surface area contributed by atoms with Crippen LogP contribution in [0, 0.1) is 17.2 Å². The van der Waals surface area contributed by atoms with Crippen LogP contribution in [0.1, 0.15) is 49.8 Å². The lowest BCUT2D eigenvalue weighted by Gasteiger charge is -2.44. The number of benzene rings is 2. The van der Waals surface area contributed by atoms with Gasteiger partial charge in [0.2, 0.25) is 11.7 Å². The van der Waals surface area contributed by atoms with Gasteiger partial charge in [-0.3, -0.25) is 0 Å². The molecule has 10 heteroatoms. The van der Waals surface area contributed by atoms with Gasteiger partial charge in [-0.2, -0.15) is 18.4 Å². The Bertz CT molecular complexity index is 1270. The number of halogens is 3. The van der Waals surface area contributed by atoms with E-state index in [0.29, 0.717) is 29.9 Å². The first kappa shape index (κ1) is 24.4. The van der Waals surface area contributed by atoms with Crippen LogP contribution in [0.2, 0.25) is 0 Å². The van der Waals surface area contributed by atoms with Crippen LogP contribution < -0.4 is 10.5 Å². The first-order chi connectivity index (χ1) is 16.9. The van der Waals surface area contributed by atoms with Crippen molar-refractivity contribution >= 4 is 5.96 Å². The molecule has 5 rings (SSSR count). The number of nitriles is 1. The molecule has 3 aliphatic rings. The molecule has 1 spiro atoms. The number of aliphatic imine (C=N–C) groups is 1.